The van der Waals surface area contributed by atoms with Gasteiger partial charge >= 0.3 is 0 Å². The molecule has 1 heterocycles. The molecule has 1 aliphatic carbocycles. The molecule has 0 aliphatic heterocycles. The highest BCUT2D eigenvalue weighted by Gasteiger charge is 2.35. The number of fused-ring (bicyclic) bond motifs is 1. The fraction of sp³-hybridized carbons (Fsp3) is 0.250. The first kappa shape index (κ1) is 24.0. The summed E-state index contributed by atoms with van der Waals surface area (Å²) >= 11 is 6.10. The van der Waals surface area contributed by atoms with Crippen LogP contribution in [0.25, 0.3) is 22.4 Å². The van der Waals surface area contributed by atoms with E-state index in [1.807, 2.05) is 0 Å². The number of aromatic nitrogens is 2. The maximum absolute atomic E-state index is 14.5. The minimum absolute atomic E-state index is 0.0513. The number of para-hydroxylation sites is 1. The first-order valence-corrected chi connectivity index (χ1v) is 12.3. The molecule has 0 bridgehead atoms. The summed E-state index contributed by atoms with van der Waals surface area (Å²) in [5, 5.41) is 13.0. The third-order valence-electron chi connectivity index (χ3n) is 6.78. The van der Waals surface area contributed by atoms with Crippen LogP contribution in [-0.4, -0.2) is 15.5 Å². The zero-order chi connectivity index (χ0) is 25.2. The van der Waals surface area contributed by atoms with Gasteiger partial charge in [0, 0.05) is 22.7 Å². The molecule has 0 unspecified atom stereocenters. The van der Waals surface area contributed by atoms with Crippen molar-refractivity contribution in [1.82, 2.24) is 9.55 Å². The fourth-order valence-corrected chi connectivity index (χ4v) is 5.19. The van der Waals surface area contributed by atoms with Gasteiger partial charge in [0.2, 0.25) is 5.91 Å². The second-order valence-corrected chi connectivity index (χ2v) is 9.49. The number of amides is 1. The molecule has 5 rings (SSSR count). The Morgan fingerprint density at radius 3 is 2.47 bits per heavy atom. The van der Waals surface area contributed by atoms with Crippen LogP contribution in [0.2, 0.25) is 5.02 Å². The molecule has 1 amide bonds. The van der Waals surface area contributed by atoms with E-state index in [2.05, 4.69) is 16.4 Å². The van der Waals surface area contributed by atoms with Crippen LogP contribution in [0.5, 0.6) is 0 Å². The number of imidazole rings is 1. The van der Waals surface area contributed by atoms with E-state index >= 15 is 0 Å². The van der Waals surface area contributed by atoms with Gasteiger partial charge in [-0.1, -0.05) is 43.0 Å². The Balaban J connectivity index is 1.71. The normalized spacial score (nSPS) is 14.9. The lowest BCUT2D eigenvalue weighted by atomic mass is 9.83. The Morgan fingerprint density at radius 2 is 1.75 bits per heavy atom. The Hall–Kier alpha value is -3.76. The summed E-state index contributed by atoms with van der Waals surface area (Å²) in [6.45, 7) is 0. The molecule has 182 valence electrons. The zero-order valence-electron chi connectivity index (χ0n) is 19.3. The second kappa shape index (κ2) is 10.1. The van der Waals surface area contributed by atoms with E-state index in [0.29, 0.717) is 33.2 Å². The molecule has 1 saturated carbocycles. The minimum Gasteiger partial charge on any atom is -0.323 e. The van der Waals surface area contributed by atoms with Crippen molar-refractivity contribution in [2.24, 2.45) is 5.92 Å². The number of rotatable bonds is 5. The van der Waals surface area contributed by atoms with Crippen molar-refractivity contribution in [2.45, 2.75) is 38.1 Å². The van der Waals surface area contributed by atoms with Crippen LogP contribution in [0.4, 0.5) is 14.5 Å². The van der Waals surface area contributed by atoms with Gasteiger partial charge < -0.3 is 9.88 Å². The molecular formula is C28H23ClF2N4O. The van der Waals surface area contributed by atoms with Gasteiger partial charge in [-0.2, -0.15) is 5.26 Å². The van der Waals surface area contributed by atoms with Crippen LogP contribution in [-0.2, 0) is 4.79 Å². The minimum atomic E-state index is -1.01. The largest absolute Gasteiger partial charge is 0.323 e. The molecule has 36 heavy (non-hydrogen) atoms. The predicted molar refractivity (Wildman–Crippen MR) is 135 cm³/mol. The number of carbonyl (C=O) groups is 1. The van der Waals surface area contributed by atoms with E-state index < -0.39 is 17.7 Å². The van der Waals surface area contributed by atoms with Crippen molar-refractivity contribution in [1.29, 1.82) is 5.26 Å². The third kappa shape index (κ3) is 4.57. The van der Waals surface area contributed by atoms with Crippen LogP contribution in [0.3, 0.4) is 0 Å². The van der Waals surface area contributed by atoms with E-state index in [4.69, 9.17) is 11.6 Å². The van der Waals surface area contributed by atoms with Gasteiger partial charge in [0.25, 0.3) is 0 Å². The number of nitrogens with one attached hydrogen (secondary N) is 1. The molecule has 0 spiro atoms. The van der Waals surface area contributed by atoms with Gasteiger partial charge in [-0.3, -0.25) is 4.79 Å². The highest BCUT2D eigenvalue weighted by atomic mass is 35.5. The number of anilines is 1. The lowest BCUT2D eigenvalue weighted by molar-refractivity contribution is -0.121. The molecule has 1 aromatic heterocycles. The maximum atomic E-state index is 14.5. The average Bonchev–Trinajstić information content (AvgIpc) is 3.23. The monoisotopic (exact) mass is 504 g/mol. The topological polar surface area (TPSA) is 70.7 Å². The van der Waals surface area contributed by atoms with Crippen LogP contribution in [0, 0.1) is 28.9 Å². The smallest absolute Gasteiger partial charge is 0.247 e. The molecular weight excluding hydrogens is 482 g/mol. The van der Waals surface area contributed by atoms with Crippen molar-refractivity contribution >= 4 is 34.2 Å². The quantitative estimate of drug-likeness (QED) is 0.311. The fourth-order valence-electron chi connectivity index (χ4n) is 5.06. The lowest BCUT2D eigenvalue weighted by Crippen LogP contribution is -2.34. The number of benzene rings is 3. The number of carbonyl (C=O) groups excluding carboxylic acids is 1. The molecule has 0 radical (unpaired) electrons. The Morgan fingerprint density at radius 1 is 1.06 bits per heavy atom. The van der Waals surface area contributed by atoms with Gasteiger partial charge in [0.05, 0.1) is 22.3 Å². The standard InChI is InChI=1S/C28H23ClF2N4O/c29-20-12-10-18(11-13-20)27-33-24-14-21(30)22(31)15-25(24)35(27)26(17-6-2-1-3-7-17)28(36)34-23-9-5-4-8-19(23)16-32/h4-5,8-15,17,26H,1-3,6-7H2,(H,34,36)/t26-/m0/s1. The first-order valence-electron chi connectivity index (χ1n) is 11.9. The SMILES string of the molecule is N#Cc1ccccc1NC(=O)[C@H](C1CCCCC1)n1c(-c2ccc(Cl)cc2)nc2cc(F)c(F)cc21. The van der Waals surface area contributed by atoms with E-state index in [1.165, 1.54) is 0 Å². The van der Waals surface area contributed by atoms with Crippen LogP contribution < -0.4 is 5.32 Å². The number of nitrogens with zero attached hydrogens (tertiary/aromatic N) is 3. The van der Waals surface area contributed by atoms with Crippen molar-refractivity contribution in [3.63, 3.8) is 0 Å². The summed E-state index contributed by atoms with van der Waals surface area (Å²) in [7, 11) is 0. The number of halogens is 3. The van der Waals surface area contributed by atoms with Crippen LogP contribution >= 0.6 is 11.6 Å². The highest BCUT2D eigenvalue weighted by Crippen LogP contribution is 2.39. The Kier molecular flexibility index (Phi) is 6.71. The van der Waals surface area contributed by atoms with E-state index in [1.54, 1.807) is 53.1 Å². The molecule has 8 heteroatoms. The van der Waals surface area contributed by atoms with E-state index in [0.717, 1.165) is 44.2 Å². The number of nitriles is 1. The van der Waals surface area contributed by atoms with Crippen molar-refractivity contribution in [3.05, 3.63) is 82.9 Å². The molecule has 5 nitrogen and oxygen atoms in total. The molecule has 0 saturated heterocycles. The van der Waals surface area contributed by atoms with Crippen molar-refractivity contribution in [3.8, 4) is 17.5 Å². The molecule has 3 aromatic carbocycles. The lowest BCUT2D eigenvalue weighted by Gasteiger charge is -2.32. The van der Waals surface area contributed by atoms with E-state index in [9.17, 15) is 18.8 Å². The summed E-state index contributed by atoms with van der Waals surface area (Å²) in [6.07, 6.45) is 4.63. The maximum Gasteiger partial charge on any atom is 0.247 e. The van der Waals surface area contributed by atoms with Gasteiger partial charge in [0.15, 0.2) is 11.6 Å². The van der Waals surface area contributed by atoms with Gasteiger partial charge in [0.1, 0.15) is 17.9 Å². The summed E-state index contributed by atoms with van der Waals surface area (Å²) in [4.78, 5) is 18.6. The number of hydrogen-bond donors (Lipinski definition) is 1. The van der Waals surface area contributed by atoms with Gasteiger partial charge in [-0.25, -0.2) is 13.8 Å². The molecule has 1 N–H and O–H groups in total. The van der Waals surface area contributed by atoms with E-state index in [-0.39, 0.29) is 17.3 Å². The van der Waals surface area contributed by atoms with Crippen molar-refractivity contribution < 1.29 is 13.6 Å². The Bertz CT molecular complexity index is 1470. The van der Waals surface area contributed by atoms with Gasteiger partial charge in [-0.05, 0) is 55.2 Å². The van der Waals surface area contributed by atoms with Gasteiger partial charge in [-0.15, -0.1) is 0 Å². The molecule has 1 fully saturated rings. The second-order valence-electron chi connectivity index (χ2n) is 9.06. The predicted octanol–water partition coefficient (Wildman–Crippen LogP) is 7.27. The summed E-state index contributed by atoms with van der Waals surface area (Å²) < 4.78 is 30.4. The molecule has 1 aliphatic rings. The van der Waals surface area contributed by atoms with Crippen LogP contribution in [0.1, 0.15) is 43.7 Å². The summed E-state index contributed by atoms with van der Waals surface area (Å²) in [5.41, 5.74) is 2.00. The Labute approximate surface area is 212 Å². The molecule has 4 aromatic rings. The first-order chi connectivity index (χ1) is 17.5. The van der Waals surface area contributed by atoms with Crippen molar-refractivity contribution in [2.75, 3.05) is 5.32 Å². The average molecular weight is 505 g/mol. The zero-order valence-corrected chi connectivity index (χ0v) is 20.1. The molecule has 1 atom stereocenters. The highest BCUT2D eigenvalue weighted by molar-refractivity contribution is 6.30. The number of hydrogen-bond acceptors (Lipinski definition) is 3. The third-order valence-corrected chi connectivity index (χ3v) is 7.03. The summed E-state index contributed by atoms with van der Waals surface area (Å²) in [6, 6.07) is 17.3. The van der Waals surface area contributed by atoms with Crippen LogP contribution in [0.15, 0.2) is 60.7 Å². The summed E-state index contributed by atoms with van der Waals surface area (Å²) in [5.74, 6) is -1.97.